The normalized spacial score (nSPS) is 10.1. The van der Waals surface area contributed by atoms with Crippen molar-refractivity contribution in [3.05, 3.63) is 59.2 Å². The number of nitrogens with one attached hydrogen (secondary N) is 1. The summed E-state index contributed by atoms with van der Waals surface area (Å²) in [7, 11) is 0. The second-order valence-electron chi connectivity index (χ2n) is 4.14. The molecule has 1 amide bonds. The van der Waals surface area contributed by atoms with Gasteiger partial charge in [0.1, 0.15) is 5.82 Å². The molecule has 0 atom stereocenters. The van der Waals surface area contributed by atoms with Crippen molar-refractivity contribution in [1.82, 2.24) is 4.98 Å². The van der Waals surface area contributed by atoms with Gasteiger partial charge in [-0.05, 0) is 37.3 Å². The highest BCUT2D eigenvalue weighted by atomic mass is 19.1. The number of anilines is 1. The first kappa shape index (κ1) is 13.7. The maximum atomic E-state index is 13.5. The monoisotopic (exact) mass is 274 g/mol. The number of benzene rings is 1. The molecule has 0 saturated heterocycles. The molecule has 6 heteroatoms. The van der Waals surface area contributed by atoms with E-state index < -0.39 is 23.3 Å². The number of hydrogen-bond donors (Lipinski definition) is 2. The van der Waals surface area contributed by atoms with Crippen molar-refractivity contribution in [1.29, 1.82) is 0 Å². The van der Waals surface area contributed by atoms with Crippen molar-refractivity contribution in [2.45, 2.75) is 6.92 Å². The maximum Gasteiger partial charge on any atom is 0.338 e. The van der Waals surface area contributed by atoms with Gasteiger partial charge in [-0.15, -0.1) is 0 Å². The van der Waals surface area contributed by atoms with Gasteiger partial charge < -0.3 is 10.4 Å². The van der Waals surface area contributed by atoms with Crippen molar-refractivity contribution in [3.8, 4) is 0 Å². The Morgan fingerprint density at radius 3 is 2.55 bits per heavy atom. The topological polar surface area (TPSA) is 79.3 Å². The minimum atomic E-state index is -1.36. The largest absolute Gasteiger partial charge is 0.478 e. The van der Waals surface area contributed by atoms with Crippen molar-refractivity contribution in [2.24, 2.45) is 0 Å². The van der Waals surface area contributed by atoms with Crippen LogP contribution in [-0.4, -0.2) is 22.0 Å². The number of nitrogens with zero attached hydrogens (tertiary/aromatic N) is 1. The SMILES string of the molecule is Cc1ccc(C(=O)Nc2ccc(C(=O)O)c(F)c2)cn1. The molecule has 1 aromatic heterocycles. The van der Waals surface area contributed by atoms with E-state index in [2.05, 4.69) is 10.3 Å². The summed E-state index contributed by atoms with van der Waals surface area (Å²) in [4.78, 5) is 26.5. The van der Waals surface area contributed by atoms with Crippen LogP contribution in [0.1, 0.15) is 26.4 Å². The molecule has 0 saturated carbocycles. The van der Waals surface area contributed by atoms with E-state index in [0.717, 1.165) is 17.8 Å². The highest BCUT2D eigenvalue weighted by molar-refractivity contribution is 6.04. The van der Waals surface area contributed by atoms with Crippen LogP contribution in [0.2, 0.25) is 0 Å². The first-order chi connectivity index (χ1) is 9.47. The van der Waals surface area contributed by atoms with E-state index in [0.29, 0.717) is 5.56 Å². The van der Waals surface area contributed by atoms with E-state index in [1.165, 1.54) is 12.3 Å². The Labute approximate surface area is 114 Å². The maximum absolute atomic E-state index is 13.5. The number of amides is 1. The number of rotatable bonds is 3. The number of carbonyl (C=O) groups excluding carboxylic acids is 1. The minimum absolute atomic E-state index is 0.179. The van der Waals surface area contributed by atoms with Crippen LogP contribution in [0.5, 0.6) is 0 Å². The summed E-state index contributed by atoms with van der Waals surface area (Å²) < 4.78 is 13.5. The fraction of sp³-hybridized carbons (Fsp3) is 0.0714. The number of halogens is 1. The lowest BCUT2D eigenvalue weighted by Gasteiger charge is -2.06. The average molecular weight is 274 g/mol. The molecule has 2 rings (SSSR count). The van der Waals surface area contributed by atoms with Gasteiger partial charge >= 0.3 is 5.97 Å². The lowest BCUT2D eigenvalue weighted by Crippen LogP contribution is -2.13. The van der Waals surface area contributed by atoms with E-state index in [4.69, 9.17) is 5.11 Å². The molecule has 2 N–H and O–H groups in total. The number of aryl methyl sites for hydroxylation is 1. The standard InChI is InChI=1S/C14H11FN2O3/c1-8-2-3-9(7-16-8)13(18)17-10-4-5-11(14(19)20)12(15)6-10/h2-7H,1H3,(H,17,18)(H,19,20). The molecule has 0 aliphatic rings. The first-order valence-electron chi connectivity index (χ1n) is 5.74. The van der Waals surface area contributed by atoms with E-state index >= 15 is 0 Å². The molecular formula is C14H11FN2O3. The zero-order valence-corrected chi connectivity index (χ0v) is 10.6. The van der Waals surface area contributed by atoms with Crippen LogP contribution in [0.3, 0.4) is 0 Å². The molecule has 0 fully saturated rings. The van der Waals surface area contributed by atoms with Gasteiger partial charge in [0.15, 0.2) is 0 Å². The lowest BCUT2D eigenvalue weighted by atomic mass is 10.2. The molecule has 2 aromatic rings. The number of carbonyl (C=O) groups is 2. The molecule has 0 unspecified atom stereocenters. The van der Waals surface area contributed by atoms with E-state index in [1.54, 1.807) is 19.1 Å². The molecule has 1 heterocycles. The predicted octanol–water partition coefficient (Wildman–Crippen LogP) is 2.48. The summed E-state index contributed by atoms with van der Waals surface area (Å²) in [5, 5.41) is 11.2. The quantitative estimate of drug-likeness (QED) is 0.901. The van der Waals surface area contributed by atoms with Gasteiger partial charge in [0.05, 0.1) is 11.1 Å². The van der Waals surface area contributed by atoms with E-state index in [9.17, 15) is 14.0 Å². The summed E-state index contributed by atoms with van der Waals surface area (Å²) in [5.74, 6) is -2.71. The van der Waals surface area contributed by atoms with Crippen molar-refractivity contribution < 1.29 is 19.1 Å². The second-order valence-corrected chi connectivity index (χ2v) is 4.14. The Balaban J connectivity index is 2.18. The third-order valence-corrected chi connectivity index (χ3v) is 2.63. The number of carboxylic acids is 1. The zero-order valence-electron chi connectivity index (χ0n) is 10.6. The number of aromatic nitrogens is 1. The van der Waals surface area contributed by atoms with Crippen LogP contribution in [0.25, 0.3) is 0 Å². The van der Waals surface area contributed by atoms with Gasteiger partial charge in [0.2, 0.25) is 0 Å². The smallest absolute Gasteiger partial charge is 0.338 e. The predicted molar refractivity (Wildman–Crippen MR) is 70.3 cm³/mol. The summed E-state index contributed by atoms with van der Waals surface area (Å²) in [6, 6.07) is 6.67. The third-order valence-electron chi connectivity index (χ3n) is 2.63. The molecule has 0 bridgehead atoms. The Morgan fingerprint density at radius 1 is 1.25 bits per heavy atom. The van der Waals surface area contributed by atoms with Crippen LogP contribution in [0.4, 0.5) is 10.1 Å². The molecule has 0 aliphatic carbocycles. The third kappa shape index (κ3) is 2.97. The second kappa shape index (κ2) is 5.48. The fourth-order valence-corrected chi connectivity index (χ4v) is 1.57. The molecule has 20 heavy (non-hydrogen) atoms. The molecular weight excluding hydrogens is 263 g/mol. The molecule has 0 spiro atoms. The van der Waals surface area contributed by atoms with Crippen LogP contribution in [0, 0.1) is 12.7 Å². The Bertz CT molecular complexity index is 669. The molecule has 0 radical (unpaired) electrons. The fourth-order valence-electron chi connectivity index (χ4n) is 1.57. The molecule has 102 valence electrons. The highest BCUT2D eigenvalue weighted by Gasteiger charge is 2.12. The van der Waals surface area contributed by atoms with Gasteiger partial charge in [-0.25, -0.2) is 9.18 Å². The number of pyridine rings is 1. The summed E-state index contributed by atoms with van der Waals surface area (Å²) in [5.41, 5.74) is 0.842. The number of aromatic carboxylic acids is 1. The number of hydrogen-bond acceptors (Lipinski definition) is 3. The molecule has 1 aromatic carbocycles. The van der Waals surface area contributed by atoms with Crippen molar-refractivity contribution in [3.63, 3.8) is 0 Å². The number of carboxylic acid groups (broad SMARTS) is 1. The summed E-state index contributed by atoms with van der Waals surface area (Å²) >= 11 is 0. The Hall–Kier alpha value is -2.76. The molecule has 0 aliphatic heterocycles. The van der Waals surface area contributed by atoms with E-state index in [-0.39, 0.29) is 5.69 Å². The summed E-state index contributed by atoms with van der Waals surface area (Å²) in [6.45, 7) is 1.79. The van der Waals surface area contributed by atoms with Crippen molar-refractivity contribution >= 4 is 17.6 Å². The Morgan fingerprint density at radius 2 is 2.00 bits per heavy atom. The van der Waals surface area contributed by atoms with Gasteiger partial charge in [0.25, 0.3) is 5.91 Å². The van der Waals surface area contributed by atoms with Crippen LogP contribution in [0.15, 0.2) is 36.5 Å². The minimum Gasteiger partial charge on any atom is -0.478 e. The van der Waals surface area contributed by atoms with Gasteiger partial charge in [-0.2, -0.15) is 0 Å². The van der Waals surface area contributed by atoms with Gasteiger partial charge in [-0.3, -0.25) is 9.78 Å². The van der Waals surface area contributed by atoms with E-state index in [1.807, 2.05) is 0 Å². The highest BCUT2D eigenvalue weighted by Crippen LogP contribution is 2.15. The lowest BCUT2D eigenvalue weighted by molar-refractivity contribution is 0.0692. The van der Waals surface area contributed by atoms with Crippen LogP contribution in [-0.2, 0) is 0 Å². The average Bonchev–Trinajstić information content (AvgIpc) is 2.39. The Kier molecular flexibility index (Phi) is 3.74. The first-order valence-corrected chi connectivity index (χ1v) is 5.74. The van der Waals surface area contributed by atoms with Gasteiger partial charge in [-0.1, -0.05) is 0 Å². The summed E-state index contributed by atoms with van der Waals surface area (Å²) in [6.07, 6.45) is 1.41. The van der Waals surface area contributed by atoms with Crippen molar-refractivity contribution in [2.75, 3.05) is 5.32 Å². The van der Waals surface area contributed by atoms with Crippen LogP contribution >= 0.6 is 0 Å². The zero-order chi connectivity index (χ0) is 14.7. The van der Waals surface area contributed by atoms with Crippen LogP contribution < -0.4 is 5.32 Å². The molecule has 5 nitrogen and oxygen atoms in total. The van der Waals surface area contributed by atoms with Gasteiger partial charge in [0, 0.05) is 17.6 Å².